The molecule has 3 aliphatic heterocycles. The number of carbonyl (C=O) groups is 2. The lowest BCUT2D eigenvalue weighted by molar-refractivity contribution is -0.140. The van der Waals surface area contributed by atoms with Crippen LogP contribution in [-0.2, 0) is 9.59 Å². The molecule has 0 aliphatic carbocycles. The number of hydrogen-bond acceptors (Lipinski definition) is 9. The van der Waals surface area contributed by atoms with Gasteiger partial charge in [-0.15, -0.1) is 0 Å². The van der Waals surface area contributed by atoms with E-state index in [1.54, 1.807) is 17.0 Å². The van der Waals surface area contributed by atoms with E-state index >= 15 is 0 Å². The molecule has 1 aromatic heterocycles. The lowest BCUT2D eigenvalue weighted by Gasteiger charge is -2.29. The molecule has 0 radical (unpaired) electrons. The molecule has 2 amide bonds. The van der Waals surface area contributed by atoms with Crippen molar-refractivity contribution < 1.29 is 23.6 Å². The Morgan fingerprint density at radius 2 is 1.97 bits per heavy atom. The zero-order chi connectivity index (χ0) is 20.5. The minimum absolute atomic E-state index is 0.0733. The number of benzene rings is 1. The fourth-order valence-electron chi connectivity index (χ4n) is 3.41. The van der Waals surface area contributed by atoms with Crippen molar-refractivity contribution >= 4 is 29.3 Å². The largest absolute Gasteiger partial charge is 0.454 e. The summed E-state index contributed by atoms with van der Waals surface area (Å²) in [6, 6.07) is 5.39. The van der Waals surface area contributed by atoms with E-state index in [1.807, 2.05) is 17.8 Å². The molecule has 3 aliphatic rings. The molecule has 1 fully saturated rings. The van der Waals surface area contributed by atoms with Gasteiger partial charge in [0.05, 0.1) is 0 Å². The van der Waals surface area contributed by atoms with Gasteiger partial charge in [0.1, 0.15) is 12.3 Å². The first-order chi connectivity index (χ1) is 14.7. The molecular weight excluding hydrogens is 410 g/mol. The number of rotatable bonds is 4. The zero-order valence-corrected chi connectivity index (χ0v) is 16.9. The Balaban J connectivity index is 1.33. The first-order valence-corrected chi connectivity index (χ1v) is 10.8. The van der Waals surface area contributed by atoms with Gasteiger partial charge in [-0.3, -0.25) is 9.59 Å². The molecule has 10 nitrogen and oxygen atoms in total. The molecule has 5 rings (SSSR count). The number of nitrogens with zero attached hydrogens (tertiary/aromatic N) is 5. The van der Waals surface area contributed by atoms with Gasteiger partial charge in [-0.2, -0.15) is 21.8 Å². The molecule has 156 valence electrons. The molecule has 2 aromatic rings. The molecule has 0 spiro atoms. The summed E-state index contributed by atoms with van der Waals surface area (Å²) in [6.07, 6.45) is 0.621. The van der Waals surface area contributed by atoms with Crippen molar-refractivity contribution in [1.82, 2.24) is 20.0 Å². The second-order valence-electron chi connectivity index (χ2n) is 6.98. The molecule has 0 bridgehead atoms. The summed E-state index contributed by atoms with van der Waals surface area (Å²) < 4.78 is 16.1. The summed E-state index contributed by atoms with van der Waals surface area (Å²) in [5, 5.41) is 9.58. The number of hydrazone groups is 1. The molecular formula is C19H19N5O5S. The minimum atomic E-state index is -0.186. The maximum Gasteiger partial charge on any atom is 0.274 e. The highest BCUT2D eigenvalue weighted by molar-refractivity contribution is 7.99. The number of fused-ring (bicyclic) bond motifs is 1. The van der Waals surface area contributed by atoms with Gasteiger partial charge in [-0.05, 0) is 18.2 Å². The summed E-state index contributed by atoms with van der Waals surface area (Å²) in [4.78, 5) is 31.0. The van der Waals surface area contributed by atoms with Gasteiger partial charge in [0.15, 0.2) is 11.5 Å². The van der Waals surface area contributed by atoms with Crippen LogP contribution in [-0.4, -0.2) is 75.5 Å². The third kappa shape index (κ3) is 3.72. The topological polar surface area (TPSA) is 110 Å². The van der Waals surface area contributed by atoms with Crippen molar-refractivity contribution in [2.45, 2.75) is 12.8 Å². The monoisotopic (exact) mass is 429 g/mol. The van der Waals surface area contributed by atoms with E-state index in [9.17, 15) is 9.59 Å². The molecule has 1 aromatic carbocycles. The highest BCUT2D eigenvalue weighted by atomic mass is 32.2. The highest BCUT2D eigenvalue weighted by Crippen LogP contribution is 2.35. The van der Waals surface area contributed by atoms with Crippen molar-refractivity contribution in [3.63, 3.8) is 0 Å². The quantitative estimate of drug-likeness (QED) is 0.717. The van der Waals surface area contributed by atoms with E-state index in [0.717, 1.165) is 17.1 Å². The Morgan fingerprint density at radius 3 is 2.83 bits per heavy atom. The maximum atomic E-state index is 12.5. The number of carbonyl (C=O) groups excluding carboxylic acids is 2. The summed E-state index contributed by atoms with van der Waals surface area (Å²) >= 11 is 1.82. The minimum Gasteiger partial charge on any atom is -0.454 e. The van der Waals surface area contributed by atoms with Crippen LogP contribution in [0.3, 0.4) is 0 Å². The van der Waals surface area contributed by atoms with Crippen LogP contribution in [0.15, 0.2) is 27.8 Å². The molecule has 11 heteroatoms. The molecule has 1 saturated heterocycles. The third-order valence-corrected chi connectivity index (χ3v) is 6.00. The second kappa shape index (κ2) is 7.98. The van der Waals surface area contributed by atoms with E-state index in [-0.39, 0.29) is 37.5 Å². The normalized spacial score (nSPS) is 18.5. The van der Waals surface area contributed by atoms with Crippen LogP contribution < -0.4 is 9.47 Å². The first-order valence-electron chi connectivity index (χ1n) is 9.65. The van der Waals surface area contributed by atoms with E-state index in [2.05, 4.69) is 15.2 Å². The number of aromatic nitrogens is 2. The average molecular weight is 429 g/mol. The predicted molar refractivity (Wildman–Crippen MR) is 107 cm³/mol. The highest BCUT2D eigenvalue weighted by Gasteiger charge is 2.28. The van der Waals surface area contributed by atoms with Crippen LogP contribution in [0.25, 0.3) is 11.4 Å². The van der Waals surface area contributed by atoms with Gasteiger partial charge in [-0.1, -0.05) is 5.16 Å². The molecule has 0 saturated carbocycles. The second-order valence-corrected chi connectivity index (χ2v) is 8.21. The summed E-state index contributed by atoms with van der Waals surface area (Å²) in [5.74, 6) is 3.47. The first kappa shape index (κ1) is 18.9. The average Bonchev–Trinajstić information content (AvgIpc) is 3.45. The van der Waals surface area contributed by atoms with Crippen LogP contribution in [0.5, 0.6) is 11.5 Å². The van der Waals surface area contributed by atoms with Gasteiger partial charge in [0, 0.05) is 43.0 Å². The molecule has 30 heavy (non-hydrogen) atoms. The standard InChI is InChI=1S/C19H19N5O5S/c25-16-4-2-13(21-24(16)10-17(26)23-5-7-30-8-6-23)19-20-18(22-29-19)12-1-3-14-15(9-12)28-11-27-14/h1,3,9H,2,4-8,10-11H2. The smallest absolute Gasteiger partial charge is 0.274 e. The fourth-order valence-corrected chi connectivity index (χ4v) is 4.32. The lowest BCUT2D eigenvalue weighted by atomic mass is 10.1. The Morgan fingerprint density at radius 1 is 1.13 bits per heavy atom. The fraction of sp³-hybridized carbons (Fsp3) is 0.421. The van der Waals surface area contributed by atoms with Gasteiger partial charge in [-0.25, -0.2) is 5.01 Å². The van der Waals surface area contributed by atoms with Crippen molar-refractivity contribution in [2.75, 3.05) is 37.9 Å². The number of hydrogen-bond donors (Lipinski definition) is 0. The van der Waals surface area contributed by atoms with Crippen molar-refractivity contribution in [2.24, 2.45) is 5.10 Å². The van der Waals surface area contributed by atoms with Crippen molar-refractivity contribution in [3.05, 3.63) is 24.1 Å². The summed E-state index contributed by atoms with van der Waals surface area (Å²) in [5.41, 5.74) is 1.22. The lowest BCUT2D eigenvalue weighted by Crippen LogP contribution is -2.45. The number of amides is 2. The van der Waals surface area contributed by atoms with Gasteiger partial charge in [0.2, 0.25) is 24.4 Å². The number of ether oxygens (including phenoxy) is 2. The van der Waals surface area contributed by atoms with Crippen molar-refractivity contribution in [1.29, 1.82) is 0 Å². The SMILES string of the molecule is O=C(CN1N=C(c2nc(-c3ccc4c(c3)OCO4)no2)CCC1=O)N1CCSCC1. The van der Waals surface area contributed by atoms with Gasteiger partial charge in [0.25, 0.3) is 5.89 Å². The molecule has 0 atom stereocenters. The third-order valence-electron chi connectivity index (χ3n) is 5.06. The van der Waals surface area contributed by atoms with E-state index < -0.39 is 0 Å². The zero-order valence-electron chi connectivity index (χ0n) is 16.1. The van der Waals surface area contributed by atoms with Gasteiger partial charge >= 0.3 is 0 Å². The van der Waals surface area contributed by atoms with E-state index in [4.69, 9.17) is 14.0 Å². The molecule has 0 N–H and O–H groups in total. The Kier molecular flexibility index (Phi) is 5.03. The Hall–Kier alpha value is -3.08. The van der Waals surface area contributed by atoms with Crippen LogP contribution in [0.4, 0.5) is 0 Å². The van der Waals surface area contributed by atoms with E-state index in [0.29, 0.717) is 42.5 Å². The van der Waals surface area contributed by atoms with E-state index in [1.165, 1.54) is 5.01 Å². The van der Waals surface area contributed by atoms with Crippen LogP contribution in [0.2, 0.25) is 0 Å². The summed E-state index contributed by atoms with van der Waals surface area (Å²) in [6.45, 7) is 1.51. The van der Waals surface area contributed by atoms with Crippen molar-refractivity contribution in [3.8, 4) is 22.9 Å². The van der Waals surface area contributed by atoms with Crippen LogP contribution in [0, 0.1) is 0 Å². The molecule has 0 unspecified atom stereocenters. The predicted octanol–water partition coefficient (Wildman–Crippen LogP) is 1.37. The number of thioether (sulfide) groups is 1. The summed E-state index contributed by atoms with van der Waals surface area (Å²) in [7, 11) is 0. The molecule has 4 heterocycles. The Labute approximate surface area is 176 Å². The Bertz CT molecular complexity index is 1020. The van der Waals surface area contributed by atoms with Crippen LogP contribution in [0.1, 0.15) is 18.7 Å². The van der Waals surface area contributed by atoms with Crippen LogP contribution >= 0.6 is 11.8 Å². The maximum absolute atomic E-state index is 12.5. The van der Waals surface area contributed by atoms with Gasteiger partial charge < -0.3 is 18.9 Å².